The van der Waals surface area contributed by atoms with E-state index in [1.54, 1.807) is 41.0 Å². The van der Waals surface area contributed by atoms with Crippen molar-refractivity contribution in [2.24, 2.45) is 0 Å². The fourth-order valence-electron chi connectivity index (χ4n) is 4.09. The van der Waals surface area contributed by atoms with Crippen molar-refractivity contribution in [2.45, 2.75) is 18.4 Å². The zero-order chi connectivity index (χ0) is 25.5. The number of carbonyl (C=O) groups excluding carboxylic acids is 3. The minimum atomic E-state index is -0.323. The van der Waals surface area contributed by atoms with E-state index < -0.39 is 0 Å². The predicted molar refractivity (Wildman–Crippen MR) is 142 cm³/mol. The predicted octanol–water partition coefficient (Wildman–Crippen LogP) is 4.12. The molecule has 4 rings (SSSR count). The molecule has 0 atom stereocenters. The molecule has 190 valence electrons. The number of aromatic nitrogens is 1. The van der Waals surface area contributed by atoms with Gasteiger partial charge in [0.25, 0.3) is 5.91 Å². The molecule has 1 aliphatic heterocycles. The monoisotopic (exact) mass is 528 g/mol. The van der Waals surface area contributed by atoms with Crippen molar-refractivity contribution in [2.75, 3.05) is 45.1 Å². The summed E-state index contributed by atoms with van der Waals surface area (Å²) in [5.41, 5.74) is 1.62. The molecular formula is C26H29ClN4O4S. The molecule has 0 aliphatic carbocycles. The van der Waals surface area contributed by atoms with Gasteiger partial charge in [0, 0.05) is 71.8 Å². The minimum Gasteiger partial charge on any atom is -0.450 e. The van der Waals surface area contributed by atoms with Gasteiger partial charge in [-0.2, -0.15) is 0 Å². The molecule has 0 spiro atoms. The molecule has 10 heteroatoms. The second-order valence-electron chi connectivity index (χ2n) is 8.32. The van der Waals surface area contributed by atoms with Gasteiger partial charge in [-0.25, -0.2) is 4.79 Å². The quantitative estimate of drug-likeness (QED) is 0.445. The van der Waals surface area contributed by atoms with Crippen LogP contribution in [-0.2, 0) is 16.1 Å². The highest BCUT2D eigenvalue weighted by molar-refractivity contribution is 8.00. The molecule has 1 saturated heterocycles. The van der Waals surface area contributed by atoms with Crippen LogP contribution in [0.25, 0.3) is 10.9 Å². The first kappa shape index (κ1) is 25.9. The summed E-state index contributed by atoms with van der Waals surface area (Å²) in [4.78, 5) is 41.6. The molecule has 1 N–H and O–H groups in total. The smallest absolute Gasteiger partial charge is 0.409 e. The lowest BCUT2D eigenvalue weighted by Gasteiger charge is -2.34. The number of piperazine rings is 1. The van der Waals surface area contributed by atoms with Crippen LogP contribution < -0.4 is 5.32 Å². The van der Waals surface area contributed by atoms with Crippen molar-refractivity contribution in [3.63, 3.8) is 0 Å². The van der Waals surface area contributed by atoms with E-state index in [1.165, 1.54) is 11.8 Å². The van der Waals surface area contributed by atoms with Crippen LogP contribution in [-0.4, -0.2) is 77.4 Å². The topological polar surface area (TPSA) is 83.9 Å². The average Bonchev–Trinajstić information content (AvgIpc) is 3.25. The van der Waals surface area contributed by atoms with Crippen LogP contribution >= 0.6 is 23.4 Å². The molecule has 8 nitrogen and oxygen atoms in total. The summed E-state index contributed by atoms with van der Waals surface area (Å²) in [6, 6.07) is 14.8. The Labute approximate surface area is 219 Å². The lowest BCUT2D eigenvalue weighted by Crippen LogP contribution is -2.51. The normalized spacial score (nSPS) is 13.6. The summed E-state index contributed by atoms with van der Waals surface area (Å²) in [5, 5.41) is 4.61. The summed E-state index contributed by atoms with van der Waals surface area (Å²) >= 11 is 7.40. The Hall–Kier alpha value is -3.17. The fraction of sp³-hybridized carbons (Fsp3) is 0.346. The van der Waals surface area contributed by atoms with E-state index >= 15 is 0 Å². The summed E-state index contributed by atoms with van der Waals surface area (Å²) in [7, 11) is 0. The standard InChI is InChI=1S/C26H29ClN4O4S/c1-2-35-26(34)30-15-13-29(14-16-30)24(32)18-36-23-17-31(22-6-4-3-5-21(22)23)12-11-28-25(33)19-7-9-20(27)10-8-19/h3-10,17H,2,11-16,18H2,1H3,(H,28,33). The van der Waals surface area contributed by atoms with Gasteiger partial charge in [-0.3, -0.25) is 9.59 Å². The molecule has 1 fully saturated rings. The highest BCUT2D eigenvalue weighted by Gasteiger charge is 2.25. The number of carbonyl (C=O) groups is 3. The number of thioether (sulfide) groups is 1. The number of rotatable bonds is 8. The third kappa shape index (κ3) is 6.33. The van der Waals surface area contributed by atoms with E-state index in [1.807, 2.05) is 30.5 Å². The second-order valence-corrected chi connectivity index (χ2v) is 9.78. The lowest BCUT2D eigenvalue weighted by atomic mass is 10.2. The number of nitrogens with zero attached hydrogens (tertiary/aromatic N) is 3. The number of hydrogen-bond acceptors (Lipinski definition) is 5. The van der Waals surface area contributed by atoms with Crippen molar-refractivity contribution in [3.8, 4) is 0 Å². The number of fused-ring (bicyclic) bond motifs is 1. The molecule has 3 amide bonds. The second kappa shape index (κ2) is 12.2. The zero-order valence-corrected chi connectivity index (χ0v) is 21.7. The molecular weight excluding hydrogens is 500 g/mol. The summed E-state index contributed by atoms with van der Waals surface area (Å²) in [6.07, 6.45) is 1.71. The average molecular weight is 529 g/mol. The van der Waals surface area contributed by atoms with Crippen LogP contribution in [0.1, 0.15) is 17.3 Å². The van der Waals surface area contributed by atoms with Gasteiger partial charge in [-0.15, -0.1) is 11.8 Å². The van der Waals surface area contributed by atoms with E-state index in [0.29, 0.717) is 62.2 Å². The van der Waals surface area contributed by atoms with Gasteiger partial charge in [0.15, 0.2) is 0 Å². The zero-order valence-electron chi connectivity index (χ0n) is 20.1. The van der Waals surface area contributed by atoms with E-state index in [0.717, 1.165) is 15.8 Å². The third-order valence-corrected chi connectivity index (χ3v) is 7.29. The first-order valence-electron chi connectivity index (χ1n) is 11.9. The maximum absolute atomic E-state index is 12.8. The van der Waals surface area contributed by atoms with Crippen LogP contribution in [0.3, 0.4) is 0 Å². The van der Waals surface area contributed by atoms with Crippen molar-refractivity contribution in [1.82, 2.24) is 19.7 Å². The van der Waals surface area contributed by atoms with E-state index in [-0.39, 0.29) is 17.9 Å². The fourth-order valence-corrected chi connectivity index (χ4v) is 5.21. The van der Waals surface area contributed by atoms with Crippen molar-refractivity contribution in [1.29, 1.82) is 0 Å². The maximum atomic E-state index is 12.8. The Morgan fingerprint density at radius 1 is 1.00 bits per heavy atom. The lowest BCUT2D eigenvalue weighted by molar-refractivity contribution is -0.129. The van der Waals surface area contributed by atoms with Crippen molar-refractivity contribution >= 4 is 52.2 Å². The highest BCUT2D eigenvalue weighted by atomic mass is 35.5. The first-order chi connectivity index (χ1) is 17.5. The van der Waals surface area contributed by atoms with E-state index in [4.69, 9.17) is 16.3 Å². The van der Waals surface area contributed by atoms with Crippen LogP contribution in [0.5, 0.6) is 0 Å². The Morgan fingerprint density at radius 3 is 2.42 bits per heavy atom. The van der Waals surface area contributed by atoms with Gasteiger partial charge in [-0.05, 0) is 37.3 Å². The van der Waals surface area contributed by atoms with Crippen LogP contribution in [0, 0.1) is 0 Å². The Kier molecular flexibility index (Phi) is 8.77. The van der Waals surface area contributed by atoms with E-state index in [2.05, 4.69) is 9.88 Å². The molecule has 2 aromatic carbocycles. The molecule has 0 radical (unpaired) electrons. The summed E-state index contributed by atoms with van der Waals surface area (Å²) in [6.45, 7) is 5.17. The number of halogens is 1. The molecule has 36 heavy (non-hydrogen) atoms. The number of para-hydroxylation sites is 1. The Balaban J connectivity index is 1.32. The highest BCUT2D eigenvalue weighted by Crippen LogP contribution is 2.30. The molecule has 0 bridgehead atoms. The first-order valence-corrected chi connectivity index (χ1v) is 13.3. The van der Waals surface area contributed by atoms with E-state index in [9.17, 15) is 14.4 Å². The maximum Gasteiger partial charge on any atom is 0.409 e. The molecule has 0 unspecified atom stereocenters. The van der Waals surface area contributed by atoms with Crippen LogP contribution in [0.15, 0.2) is 59.6 Å². The Morgan fingerprint density at radius 2 is 1.69 bits per heavy atom. The number of benzene rings is 2. The number of ether oxygens (including phenoxy) is 1. The van der Waals surface area contributed by atoms with Crippen LogP contribution in [0.4, 0.5) is 4.79 Å². The molecule has 2 heterocycles. The summed E-state index contributed by atoms with van der Waals surface area (Å²) in [5.74, 6) is 0.225. The third-order valence-electron chi connectivity index (χ3n) is 6.01. The largest absolute Gasteiger partial charge is 0.450 e. The van der Waals surface area contributed by atoms with Gasteiger partial charge >= 0.3 is 6.09 Å². The van der Waals surface area contributed by atoms with Gasteiger partial charge < -0.3 is 24.4 Å². The number of hydrogen-bond donors (Lipinski definition) is 1. The van der Waals surface area contributed by atoms with Gasteiger partial charge in [-0.1, -0.05) is 29.8 Å². The summed E-state index contributed by atoms with van der Waals surface area (Å²) < 4.78 is 7.14. The van der Waals surface area contributed by atoms with Gasteiger partial charge in [0.2, 0.25) is 5.91 Å². The van der Waals surface area contributed by atoms with Gasteiger partial charge in [0.1, 0.15) is 0 Å². The number of amides is 3. The van der Waals surface area contributed by atoms with Crippen molar-refractivity contribution < 1.29 is 19.1 Å². The molecule has 1 aliphatic rings. The van der Waals surface area contributed by atoms with Gasteiger partial charge in [0.05, 0.1) is 12.4 Å². The molecule has 0 saturated carbocycles. The number of nitrogens with one attached hydrogen (secondary N) is 1. The van der Waals surface area contributed by atoms with Crippen LogP contribution in [0.2, 0.25) is 5.02 Å². The minimum absolute atomic E-state index is 0.0515. The Bertz CT molecular complexity index is 1220. The SMILES string of the molecule is CCOC(=O)N1CCN(C(=O)CSc2cn(CCNC(=O)c3ccc(Cl)cc3)c3ccccc23)CC1. The molecule has 3 aromatic rings. The van der Waals surface area contributed by atoms with Crippen molar-refractivity contribution in [3.05, 3.63) is 65.3 Å². The molecule has 1 aromatic heterocycles.